The monoisotopic (exact) mass is 751 g/mol. The van der Waals surface area contributed by atoms with Gasteiger partial charge in [0.05, 0.1) is 60.2 Å². The van der Waals surface area contributed by atoms with E-state index in [1.165, 1.54) is 16.7 Å². The summed E-state index contributed by atoms with van der Waals surface area (Å²) in [5.41, 5.74) is 8.33. The molecule has 4 aliphatic heterocycles. The molecule has 0 aliphatic carbocycles. The van der Waals surface area contributed by atoms with Gasteiger partial charge in [0.1, 0.15) is 13.2 Å². The highest BCUT2D eigenvalue weighted by atomic mass is 16.5. The minimum atomic E-state index is -0.143. The van der Waals surface area contributed by atoms with Gasteiger partial charge in [-0.15, -0.1) is 0 Å². The van der Waals surface area contributed by atoms with E-state index in [1.54, 1.807) is 44.6 Å². The SMILES string of the molecule is C=C/C=C(COc1cc2c(cc1OC)C(=O)N1Cc3ccccc3C[C@H]1C=N2)\N=C(/C)COc1cc2c(cc1OC)C(=O)N1Cc3ccccc3C[C@H]1C(C)N2. The molecule has 11 heteroatoms. The number of hydrogen-bond donors (Lipinski definition) is 1. The van der Waals surface area contributed by atoms with Crippen LogP contribution in [0.1, 0.15) is 56.8 Å². The summed E-state index contributed by atoms with van der Waals surface area (Å²) in [5, 5.41) is 3.59. The number of fused-ring (bicyclic) bond motifs is 6. The van der Waals surface area contributed by atoms with Crippen LogP contribution < -0.4 is 24.3 Å². The van der Waals surface area contributed by atoms with Crippen molar-refractivity contribution in [2.24, 2.45) is 9.98 Å². The highest BCUT2D eigenvalue weighted by Gasteiger charge is 2.38. The molecular weight excluding hydrogens is 707 g/mol. The smallest absolute Gasteiger partial charge is 0.257 e. The molecule has 1 N–H and O–H groups in total. The van der Waals surface area contributed by atoms with Gasteiger partial charge in [-0.2, -0.15) is 0 Å². The number of anilines is 1. The van der Waals surface area contributed by atoms with E-state index in [0.717, 1.165) is 12.0 Å². The van der Waals surface area contributed by atoms with Gasteiger partial charge in [-0.3, -0.25) is 19.6 Å². The number of hydrogen-bond acceptors (Lipinski definition) is 9. The zero-order chi connectivity index (χ0) is 38.9. The van der Waals surface area contributed by atoms with Crippen molar-refractivity contribution in [1.29, 1.82) is 0 Å². The van der Waals surface area contributed by atoms with Gasteiger partial charge in [0.25, 0.3) is 11.8 Å². The predicted molar refractivity (Wildman–Crippen MR) is 217 cm³/mol. The number of benzene rings is 4. The molecule has 4 aromatic carbocycles. The van der Waals surface area contributed by atoms with Gasteiger partial charge >= 0.3 is 0 Å². The van der Waals surface area contributed by atoms with Crippen molar-refractivity contribution in [3.8, 4) is 23.0 Å². The number of aliphatic imine (C=N–C) groups is 2. The van der Waals surface area contributed by atoms with Crippen LogP contribution in [0, 0.1) is 0 Å². The van der Waals surface area contributed by atoms with Crippen molar-refractivity contribution in [2.45, 2.75) is 57.9 Å². The molecule has 0 saturated heterocycles. The van der Waals surface area contributed by atoms with Crippen molar-refractivity contribution in [1.82, 2.24) is 9.80 Å². The summed E-state index contributed by atoms with van der Waals surface area (Å²) >= 11 is 0. The molecule has 0 saturated carbocycles. The summed E-state index contributed by atoms with van der Waals surface area (Å²) < 4.78 is 23.9. The Morgan fingerprint density at radius 2 is 1.43 bits per heavy atom. The third-order valence-corrected chi connectivity index (χ3v) is 10.9. The third-order valence-electron chi connectivity index (χ3n) is 10.9. The van der Waals surface area contributed by atoms with E-state index < -0.39 is 0 Å². The van der Waals surface area contributed by atoms with Gasteiger partial charge in [0.15, 0.2) is 23.0 Å². The molecular formula is C45H45N5O6. The summed E-state index contributed by atoms with van der Waals surface area (Å²) in [4.78, 5) is 41.1. The number of rotatable bonds is 10. The predicted octanol–water partition coefficient (Wildman–Crippen LogP) is 7.36. The second kappa shape index (κ2) is 15.4. The Morgan fingerprint density at radius 3 is 2.12 bits per heavy atom. The van der Waals surface area contributed by atoms with Crippen molar-refractivity contribution in [3.63, 3.8) is 0 Å². The first-order valence-electron chi connectivity index (χ1n) is 18.9. The Kier molecular flexibility index (Phi) is 10.1. The molecule has 286 valence electrons. The van der Waals surface area contributed by atoms with Crippen LogP contribution in [0.3, 0.4) is 0 Å². The summed E-state index contributed by atoms with van der Waals surface area (Å²) in [6.45, 7) is 9.17. The lowest BCUT2D eigenvalue weighted by molar-refractivity contribution is 0.0632. The van der Waals surface area contributed by atoms with Crippen LogP contribution in [0.15, 0.2) is 107 Å². The maximum absolute atomic E-state index is 14.0. The lowest BCUT2D eigenvalue weighted by atomic mass is 9.90. The minimum Gasteiger partial charge on any atom is -0.493 e. The minimum absolute atomic E-state index is 0.00796. The van der Waals surface area contributed by atoms with Crippen LogP contribution in [-0.4, -0.2) is 79.1 Å². The maximum Gasteiger partial charge on any atom is 0.257 e. The van der Waals surface area contributed by atoms with E-state index in [2.05, 4.69) is 49.2 Å². The first-order chi connectivity index (χ1) is 27.2. The summed E-state index contributed by atoms with van der Waals surface area (Å²) in [7, 11) is 3.11. The standard InChI is InChI=1S/C45H45N5O6/c1-6-11-33(26-56-42-20-37-35(18-40(42)53-4)44(51)49-23-31-14-9-7-12-29(31)16-34(49)22-46-37)47-27(2)25-55-43-21-38-36(19-41(43)54-5)45(52)50-24-32-15-10-8-13-30(32)17-39(50)28(3)48-38/h6-15,18-22,28,34,39,48H,1,16-17,23-26H2,2-5H3/b33-11-,47-27+/t28?,34-,39-/m0/s1. The molecule has 4 aromatic rings. The molecule has 0 spiro atoms. The van der Waals surface area contributed by atoms with E-state index in [9.17, 15) is 9.59 Å². The van der Waals surface area contributed by atoms with Crippen molar-refractivity contribution in [2.75, 3.05) is 32.8 Å². The number of amides is 2. The lowest BCUT2D eigenvalue weighted by Gasteiger charge is -2.38. The van der Waals surface area contributed by atoms with E-state index in [0.29, 0.717) is 76.4 Å². The zero-order valence-electron chi connectivity index (χ0n) is 32.1. The van der Waals surface area contributed by atoms with E-state index >= 15 is 0 Å². The molecule has 4 heterocycles. The number of nitrogens with one attached hydrogen (secondary N) is 1. The average molecular weight is 752 g/mol. The number of nitrogens with zero attached hydrogens (tertiary/aromatic N) is 4. The zero-order valence-corrected chi connectivity index (χ0v) is 32.1. The average Bonchev–Trinajstić information content (AvgIpc) is 3.40. The maximum atomic E-state index is 14.0. The van der Waals surface area contributed by atoms with Crippen molar-refractivity contribution >= 4 is 35.1 Å². The number of ether oxygens (including phenoxy) is 4. The first-order valence-corrected chi connectivity index (χ1v) is 18.9. The molecule has 1 unspecified atom stereocenters. The topological polar surface area (TPSA) is 114 Å². The van der Waals surface area contributed by atoms with Crippen molar-refractivity contribution < 1.29 is 28.5 Å². The fourth-order valence-corrected chi connectivity index (χ4v) is 8.03. The van der Waals surface area contributed by atoms with E-state index in [-0.39, 0.29) is 43.2 Å². The van der Waals surface area contributed by atoms with Gasteiger partial charge in [-0.1, -0.05) is 61.2 Å². The molecule has 11 nitrogen and oxygen atoms in total. The fraction of sp³-hybridized carbons (Fsp3) is 0.289. The van der Waals surface area contributed by atoms with Crippen LogP contribution in [0.4, 0.5) is 11.4 Å². The second-order valence-electron chi connectivity index (χ2n) is 14.5. The van der Waals surface area contributed by atoms with Gasteiger partial charge < -0.3 is 34.1 Å². The Bertz CT molecular complexity index is 2310. The molecule has 0 fully saturated rings. The number of carbonyl (C=O) groups excluding carboxylic acids is 2. The van der Waals surface area contributed by atoms with Gasteiger partial charge in [-0.05, 0) is 67.2 Å². The van der Waals surface area contributed by atoms with Crippen LogP contribution in [0.2, 0.25) is 0 Å². The lowest BCUT2D eigenvalue weighted by Crippen LogP contribution is -2.49. The third kappa shape index (κ3) is 7.00. The highest BCUT2D eigenvalue weighted by Crippen LogP contribution is 2.40. The van der Waals surface area contributed by atoms with Crippen LogP contribution >= 0.6 is 0 Å². The van der Waals surface area contributed by atoms with E-state index in [4.69, 9.17) is 28.9 Å². The molecule has 2 amide bonds. The first kappa shape index (κ1) is 36.6. The Hall–Kier alpha value is -6.36. The summed E-state index contributed by atoms with van der Waals surface area (Å²) in [6.07, 6.45) is 6.76. The normalized spacial score (nSPS) is 19.8. The molecule has 4 aliphatic rings. The molecule has 56 heavy (non-hydrogen) atoms. The number of allylic oxidation sites excluding steroid dienone is 2. The van der Waals surface area contributed by atoms with Gasteiger partial charge in [0, 0.05) is 37.5 Å². The number of methoxy groups -OCH3 is 2. The van der Waals surface area contributed by atoms with Crippen LogP contribution in [-0.2, 0) is 25.9 Å². The Labute approximate surface area is 327 Å². The molecule has 8 rings (SSSR count). The quantitative estimate of drug-likeness (QED) is 0.133. The molecule has 0 radical (unpaired) electrons. The second-order valence-corrected chi connectivity index (χ2v) is 14.5. The molecule has 0 aromatic heterocycles. The fourth-order valence-electron chi connectivity index (χ4n) is 8.03. The number of carbonyl (C=O) groups is 2. The summed E-state index contributed by atoms with van der Waals surface area (Å²) in [5.74, 6) is 1.67. The largest absolute Gasteiger partial charge is 0.493 e. The van der Waals surface area contributed by atoms with Gasteiger partial charge in [-0.25, -0.2) is 0 Å². The van der Waals surface area contributed by atoms with Gasteiger partial charge in [0.2, 0.25) is 0 Å². The van der Waals surface area contributed by atoms with E-state index in [1.807, 2.05) is 47.2 Å². The van der Waals surface area contributed by atoms with Crippen LogP contribution in [0.25, 0.3) is 0 Å². The molecule has 0 bridgehead atoms. The highest BCUT2D eigenvalue weighted by molar-refractivity contribution is 6.04. The Morgan fingerprint density at radius 1 is 0.821 bits per heavy atom. The Balaban J connectivity index is 0.965. The van der Waals surface area contributed by atoms with Crippen LogP contribution in [0.5, 0.6) is 23.0 Å². The molecule has 3 atom stereocenters. The van der Waals surface area contributed by atoms with Crippen molar-refractivity contribution in [3.05, 3.63) is 131 Å². The summed E-state index contributed by atoms with van der Waals surface area (Å²) in [6, 6.07) is 23.4.